The van der Waals surface area contributed by atoms with Gasteiger partial charge in [-0.15, -0.1) is 0 Å². The van der Waals surface area contributed by atoms with Crippen molar-refractivity contribution in [2.45, 2.75) is 62.9 Å². The molecule has 0 aliphatic carbocycles. The number of carboxylic acid groups (broad SMARTS) is 1. The van der Waals surface area contributed by atoms with E-state index in [9.17, 15) is 29.4 Å². The summed E-state index contributed by atoms with van der Waals surface area (Å²) in [6.07, 6.45) is 0.0400. The first-order valence-electron chi connectivity index (χ1n) is 11.0. The molecule has 11 nitrogen and oxygen atoms in total. The van der Waals surface area contributed by atoms with E-state index in [-0.39, 0.29) is 18.6 Å². The van der Waals surface area contributed by atoms with Crippen molar-refractivity contribution in [2.75, 3.05) is 12.3 Å². The Morgan fingerprint density at radius 3 is 2.12 bits per heavy atom. The highest BCUT2D eigenvalue weighted by Gasteiger charge is 2.32. The second-order valence-corrected chi connectivity index (χ2v) is 8.32. The van der Waals surface area contributed by atoms with E-state index in [0.717, 1.165) is 0 Å². The van der Waals surface area contributed by atoms with E-state index in [1.807, 2.05) is 0 Å². The number of carbonyl (C=O) groups excluding carboxylic acids is 3. The Balaban J connectivity index is 2.93. The first-order valence-corrected chi connectivity index (χ1v) is 11.7. The Labute approximate surface area is 204 Å². The molecule has 0 aliphatic heterocycles. The maximum atomic E-state index is 12.9. The summed E-state index contributed by atoms with van der Waals surface area (Å²) in [5, 5.41) is 27.0. The van der Waals surface area contributed by atoms with E-state index in [1.165, 1.54) is 6.92 Å². The predicted octanol–water partition coefficient (Wildman–Crippen LogP) is -1.46. The van der Waals surface area contributed by atoms with Gasteiger partial charge in [-0.1, -0.05) is 30.3 Å². The van der Waals surface area contributed by atoms with Gasteiger partial charge in [-0.2, -0.15) is 12.6 Å². The Kier molecular flexibility index (Phi) is 13.2. The number of nitrogens with two attached hydrogens (primary N) is 2. The highest BCUT2D eigenvalue weighted by Crippen LogP contribution is 2.07. The Morgan fingerprint density at radius 1 is 0.971 bits per heavy atom. The third kappa shape index (κ3) is 10.1. The SMILES string of the molecule is CC(O)C(NC(=O)C(CCCCN)NC(=O)C(N)CS)C(=O)NC(Cc1ccccc1)C(=O)O. The number of rotatable bonds is 15. The molecule has 0 radical (unpaired) electrons. The molecule has 0 heterocycles. The molecule has 190 valence electrons. The number of carboxylic acids is 1. The van der Waals surface area contributed by atoms with Crippen LogP contribution in [0.4, 0.5) is 0 Å². The normalized spacial score (nSPS) is 15.3. The second-order valence-electron chi connectivity index (χ2n) is 7.95. The van der Waals surface area contributed by atoms with Gasteiger partial charge in [0.1, 0.15) is 18.1 Å². The lowest BCUT2D eigenvalue weighted by Crippen LogP contribution is -2.60. The number of carbonyl (C=O) groups is 4. The second kappa shape index (κ2) is 15.3. The van der Waals surface area contributed by atoms with Crippen molar-refractivity contribution in [3.05, 3.63) is 35.9 Å². The van der Waals surface area contributed by atoms with Gasteiger partial charge in [-0.05, 0) is 38.3 Å². The molecule has 1 aromatic rings. The molecule has 9 N–H and O–H groups in total. The number of aliphatic hydroxyl groups excluding tert-OH is 1. The van der Waals surface area contributed by atoms with Crippen molar-refractivity contribution in [1.82, 2.24) is 16.0 Å². The molecule has 1 rings (SSSR count). The van der Waals surface area contributed by atoms with Crippen LogP contribution in [0.15, 0.2) is 30.3 Å². The smallest absolute Gasteiger partial charge is 0.326 e. The van der Waals surface area contributed by atoms with E-state index >= 15 is 0 Å². The first kappa shape index (κ1) is 29.4. The summed E-state index contributed by atoms with van der Waals surface area (Å²) >= 11 is 3.97. The molecular weight excluding hydrogens is 462 g/mol. The van der Waals surface area contributed by atoms with Gasteiger partial charge in [-0.3, -0.25) is 14.4 Å². The van der Waals surface area contributed by atoms with Crippen molar-refractivity contribution >= 4 is 36.3 Å². The van der Waals surface area contributed by atoms with Crippen LogP contribution in [0.25, 0.3) is 0 Å². The fraction of sp³-hybridized carbons (Fsp3) is 0.545. The molecule has 0 aliphatic rings. The van der Waals surface area contributed by atoms with Gasteiger partial charge in [0, 0.05) is 12.2 Å². The molecule has 1 aromatic carbocycles. The van der Waals surface area contributed by atoms with Gasteiger partial charge < -0.3 is 37.6 Å². The first-order chi connectivity index (χ1) is 16.1. The van der Waals surface area contributed by atoms with Gasteiger partial charge in [0.15, 0.2) is 0 Å². The summed E-state index contributed by atoms with van der Waals surface area (Å²) in [5.74, 6) is -3.37. The third-order valence-electron chi connectivity index (χ3n) is 5.07. The number of thiol groups is 1. The summed E-state index contributed by atoms with van der Waals surface area (Å²) in [5.41, 5.74) is 11.9. The number of amides is 3. The molecule has 0 saturated heterocycles. The van der Waals surface area contributed by atoms with Crippen LogP contribution in [0.2, 0.25) is 0 Å². The summed E-state index contributed by atoms with van der Waals surface area (Å²) in [6.45, 7) is 1.69. The monoisotopic (exact) mass is 497 g/mol. The molecule has 5 unspecified atom stereocenters. The van der Waals surface area contributed by atoms with Crippen LogP contribution in [0, 0.1) is 0 Å². The molecule has 0 saturated carbocycles. The number of nitrogens with one attached hydrogen (secondary N) is 3. The fourth-order valence-electron chi connectivity index (χ4n) is 3.09. The van der Waals surface area contributed by atoms with Crippen molar-refractivity contribution < 1.29 is 29.4 Å². The predicted molar refractivity (Wildman–Crippen MR) is 130 cm³/mol. The minimum absolute atomic E-state index is 0.0157. The third-order valence-corrected chi connectivity index (χ3v) is 5.47. The summed E-state index contributed by atoms with van der Waals surface area (Å²) < 4.78 is 0. The van der Waals surface area contributed by atoms with Gasteiger partial charge >= 0.3 is 5.97 Å². The lowest BCUT2D eigenvalue weighted by Gasteiger charge is -2.26. The summed E-state index contributed by atoms with van der Waals surface area (Å²) in [4.78, 5) is 49.6. The standard InChI is InChI=1S/C22H35N5O6S/c1-13(28)18(21(31)26-17(22(32)33)11-14-7-3-2-4-8-14)27-20(30)16(9-5-6-10-23)25-19(29)15(24)12-34/h2-4,7-8,13,15-18,28,34H,5-6,9-12,23-24H2,1H3,(H,25,29)(H,26,31)(H,27,30)(H,32,33). The van der Waals surface area contributed by atoms with Crippen LogP contribution in [0.5, 0.6) is 0 Å². The lowest BCUT2D eigenvalue weighted by molar-refractivity contribution is -0.143. The van der Waals surface area contributed by atoms with Crippen LogP contribution in [0.3, 0.4) is 0 Å². The highest BCUT2D eigenvalue weighted by molar-refractivity contribution is 7.80. The maximum Gasteiger partial charge on any atom is 0.326 e. The van der Waals surface area contributed by atoms with E-state index in [2.05, 4.69) is 28.6 Å². The zero-order chi connectivity index (χ0) is 25.7. The minimum Gasteiger partial charge on any atom is -0.480 e. The Bertz CT molecular complexity index is 810. The largest absolute Gasteiger partial charge is 0.480 e. The summed E-state index contributed by atoms with van der Waals surface area (Å²) in [7, 11) is 0. The molecule has 0 fully saturated rings. The fourth-order valence-corrected chi connectivity index (χ4v) is 3.26. The molecular formula is C22H35N5O6S. The van der Waals surface area contributed by atoms with E-state index in [4.69, 9.17) is 11.5 Å². The van der Waals surface area contributed by atoms with Crippen LogP contribution < -0.4 is 27.4 Å². The zero-order valence-corrected chi connectivity index (χ0v) is 20.0. The molecule has 5 atom stereocenters. The number of unbranched alkanes of at least 4 members (excludes halogenated alkanes) is 1. The van der Waals surface area contributed by atoms with E-state index < -0.39 is 54.0 Å². The number of hydrogen-bond donors (Lipinski definition) is 8. The molecule has 34 heavy (non-hydrogen) atoms. The lowest BCUT2D eigenvalue weighted by atomic mass is 10.0. The zero-order valence-electron chi connectivity index (χ0n) is 19.1. The number of hydrogen-bond acceptors (Lipinski definition) is 8. The van der Waals surface area contributed by atoms with Gasteiger partial charge in [0.2, 0.25) is 17.7 Å². The average Bonchev–Trinajstić information content (AvgIpc) is 2.80. The molecule has 0 aromatic heterocycles. The number of aliphatic hydroxyl groups is 1. The summed E-state index contributed by atoms with van der Waals surface area (Å²) in [6, 6.07) is 4.03. The Morgan fingerprint density at radius 2 is 1.59 bits per heavy atom. The van der Waals surface area contributed by atoms with Gasteiger partial charge in [0.05, 0.1) is 12.1 Å². The van der Waals surface area contributed by atoms with Crippen LogP contribution in [-0.2, 0) is 25.6 Å². The molecule has 0 spiro atoms. The van der Waals surface area contributed by atoms with Gasteiger partial charge in [0.25, 0.3) is 0 Å². The van der Waals surface area contributed by atoms with Crippen molar-refractivity contribution in [3.63, 3.8) is 0 Å². The number of aliphatic carboxylic acids is 1. The molecule has 3 amide bonds. The highest BCUT2D eigenvalue weighted by atomic mass is 32.1. The maximum absolute atomic E-state index is 12.9. The molecule has 0 bridgehead atoms. The van der Waals surface area contributed by atoms with Gasteiger partial charge in [-0.25, -0.2) is 4.79 Å². The topological polar surface area (TPSA) is 197 Å². The van der Waals surface area contributed by atoms with Crippen LogP contribution >= 0.6 is 12.6 Å². The minimum atomic E-state index is -1.45. The molecule has 12 heteroatoms. The Hall–Kier alpha value is -2.67. The van der Waals surface area contributed by atoms with Crippen LogP contribution in [0.1, 0.15) is 31.7 Å². The average molecular weight is 498 g/mol. The number of benzene rings is 1. The van der Waals surface area contributed by atoms with Crippen molar-refractivity contribution in [2.24, 2.45) is 11.5 Å². The van der Waals surface area contributed by atoms with E-state index in [1.54, 1.807) is 30.3 Å². The van der Waals surface area contributed by atoms with Crippen LogP contribution in [-0.4, -0.2) is 76.5 Å². The van der Waals surface area contributed by atoms with E-state index in [0.29, 0.717) is 24.9 Å². The van der Waals surface area contributed by atoms with Crippen molar-refractivity contribution in [1.29, 1.82) is 0 Å². The van der Waals surface area contributed by atoms with Crippen molar-refractivity contribution in [3.8, 4) is 0 Å². The quantitative estimate of drug-likeness (QED) is 0.106.